The van der Waals surface area contributed by atoms with E-state index in [1.165, 1.54) is 10.7 Å². The normalized spacial score (nSPS) is 15.6. The fourth-order valence-corrected chi connectivity index (χ4v) is 3.64. The number of hydrogen-bond acceptors (Lipinski definition) is 3. The second-order valence-corrected chi connectivity index (χ2v) is 7.10. The highest BCUT2D eigenvalue weighted by atomic mass is 32.2. The predicted molar refractivity (Wildman–Crippen MR) is 79.5 cm³/mol. The number of nitrogens with zero attached hydrogens (tertiary/aromatic N) is 1. The molecule has 0 amide bonds. The van der Waals surface area contributed by atoms with Crippen LogP contribution >= 0.6 is 0 Å². The molecule has 1 aliphatic carbocycles. The maximum atomic E-state index is 12.6. The lowest BCUT2D eigenvalue weighted by atomic mass is 9.86. The van der Waals surface area contributed by atoms with Gasteiger partial charge in [0.25, 0.3) is 0 Å². The molecule has 2 rings (SSSR count). The van der Waals surface area contributed by atoms with E-state index in [0.717, 1.165) is 12.8 Å². The van der Waals surface area contributed by atoms with Crippen LogP contribution < -0.4 is 5.73 Å². The van der Waals surface area contributed by atoms with Crippen LogP contribution in [-0.2, 0) is 10.0 Å². The molecule has 0 saturated heterocycles. The second-order valence-electron chi connectivity index (χ2n) is 5.08. The summed E-state index contributed by atoms with van der Waals surface area (Å²) in [6.45, 7) is 0.799. The molecule has 1 aliphatic rings. The number of nitrogens with two attached hydrogens (primary N) is 1. The van der Waals surface area contributed by atoms with E-state index in [9.17, 15) is 8.42 Å². The van der Waals surface area contributed by atoms with Crippen molar-refractivity contribution in [1.82, 2.24) is 4.31 Å². The molecule has 0 bridgehead atoms. The minimum atomic E-state index is -3.48. The standard InChI is InChI=1S/C15H20N2O2S/c1-17(12-13-6-4-7-13)20(18,19)15-10-3-2-8-14(15)9-5-11-16/h2-3,8,10,13H,4,6-7,11-12,16H2,1H3. The van der Waals surface area contributed by atoms with Gasteiger partial charge in [-0.25, -0.2) is 12.7 Å². The summed E-state index contributed by atoms with van der Waals surface area (Å²) in [5, 5.41) is 0. The van der Waals surface area contributed by atoms with Gasteiger partial charge in [-0.1, -0.05) is 30.4 Å². The summed E-state index contributed by atoms with van der Waals surface area (Å²) in [4.78, 5) is 0.266. The van der Waals surface area contributed by atoms with E-state index in [1.807, 2.05) is 0 Å². The van der Waals surface area contributed by atoms with Gasteiger partial charge < -0.3 is 5.73 Å². The van der Waals surface area contributed by atoms with Gasteiger partial charge in [0.05, 0.1) is 11.4 Å². The Labute approximate surface area is 121 Å². The minimum absolute atomic E-state index is 0.215. The molecule has 20 heavy (non-hydrogen) atoms. The van der Waals surface area contributed by atoms with Crippen molar-refractivity contribution in [2.45, 2.75) is 24.2 Å². The number of rotatable bonds is 4. The first-order valence-electron chi connectivity index (χ1n) is 6.80. The summed E-state index contributed by atoms with van der Waals surface area (Å²) in [5.41, 5.74) is 5.87. The van der Waals surface area contributed by atoms with Crippen LogP contribution in [0.4, 0.5) is 0 Å². The molecule has 0 aromatic heterocycles. The van der Waals surface area contributed by atoms with E-state index in [4.69, 9.17) is 5.73 Å². The Hall–Kier alpha value is -1.35. The first-order chi connectivity index (χ1) is 9.55. The fourth-order valence-electron chi connectivity index (χ4n) is 2.25. The van der Waals surface area contributed by atoms with Crippen LogP contribution in [0.1, 0.15) is 24.8 Å². The smallest absolute Gasteiger partial charge is 0.244 e. The molecule has 2 N–H and O–H groups in total. The average Bonchev–Trinajstić information content (AvgIpc) is 2.40. The summed E-state index contributed by atoms with van der Waals surface area (Å²) in [5.74, 6) is 6.05. The van der Waals surface area contributed by atoms with Crippen LogP contribution in [0.2, 0.25) is 0 Å². The quantitative estimate of drug-likeness (QED) is 0.854. The molecule has 0 spiro atoms. The molecule has 4 nitrogen and oxygen atoms in total. The Morgan fingerprint density at radius 2 is 2.05 bits per heavy atom. The van der Waals surface area contributed by atoms with Crippen LogP contribution in [0.5, 0.6) is 0 Å². The van der Waals surface area contributed by atoms with E-state index in [0.29, 0.717) is 18.0 Å². The van der Waals surface area contributed by atoms with Gasteiger partial charge in [0.15, 0.2) is 0 Å². The van der Waals surface area contributed by atoms with Gasteiger partial charge in [-0.3, -0.25) is 0 Å². The number of sulfonamides is 1. The summed E-state index contributed by atoms with van der Waals surface area (Å²) < 4.78 is 26.7. The monoisotopic (exact) mass is 292 g/mol. The first kappa shape index (κ1) is 15.0. The van der Waals surface area contributed by atoms with Gasteiger partial charge in [0.2, 0.25) is 10.0 Å². The maximum Gasteiger partial charge on any atom is 0.244 e. The third kappa shape index (κ3) is 3.21. The minimum Gasteiger partial charge on any atom is -0.320 e. The van der Waals surface area contributed by atoms with Crippen molar-refractivity contribution in [2.75, 3.05) is 20.1 Å². The molecule has 1 saturated carbocycles. The molecule has 0 atom stereocenters. The first-order valence-corrected chi connectivity index (χ1v) is 8.24. The molecule has 5 heteroatoms. The van der Waals surface area contributed by atoms with Crippen LogP contribution in [0, 0.1) is 17.8 Å². The zero-order valence-electron chi connectivity index (χ0n) is 11.7. The van der Waals surface area contributed by atoms with Gasteiger partial charge in [-0.2, -0.15) is 0 Å². The number of benzene rings is 1. The molecule has 108 valence electrons. The lowest BCUT2D eigenvalue weighted by Crippen LogP contribution is -2.34. The van der Waals surface area contributed by atoms with E-state index < -0.39 is 10.0 Å². The topological polar surface area (TPSA) is 63.4 Å². The molecule has 1 aromatic rings. The molecule has 0 aliphatic heterocycles. The summed E-state index contributed by atoms with van der Waals surface area (Å²) >= 11 is 0. The molecule has 1 aromatic carbocycles. The van der Waals surface area contributed by atoms with Crippen molar-refractivity contribution in [3.8, 4) is 11.8 Å². The highest BCUT2D eigenvalue weighted by Crippen LogP contribution is 2.29. The Kier molecular flexibility index (Phi) is 4.81. The molecule has 0 unspecified atom stereocenters. The third-order valence-corrected chi connectivity index (χ3v) is 5.52. The SMILES string of the molecule is CN(CC1CCC1)S(=O)(=O)c1ccccc1C#CCN. The predicted octanol–water partition coefficient (Wildman–Crippen LogP) is 1.42. The molecule has 0 heterocycles. The zero-order chi connectivity index (χ0) is 14.6. The van der Waals surface area contributed by atoms with Crippen molar-refractivity contribution >= 4 is 10.0 Å². The Balaban J connectivity index is 2.28. The van der Waals surface area contributed by atoms with Gasteiger partial charge >= 0.3 is 0 Å². The van der Waals surface area contributed by atoms with Crippen LogP contribution in [0.25, 0.3) is 0 Å². The molecular formula is C15H20N2O2S. The summed E-state index contributed by atoms with van der Waals surface area (Å²) in [6, 6.07) is 6.82. The Bertz CT molecular complexity index is 625. The van der Waals surface area contributed by atoms with E-state index in [1.54, 1.807) is 31.3 Å². The van der Waals surface area contributed by atoms with Crippen molar-refractivity contribution in [3.05, 3.63) is 29.8 Å². The van der Waals surface area contributed by atoms with Crippen molar-refractivity contribution < 1.29 is 8.42 Å². The van der Waals surface area contributed by atoms with E-state index >= 15 is 0 Å². The van der Waals surface area contributed by atoms with Crippen LogP contribution in [0.3, 0.4) is 0 Å². The molecule has 0 radical (unpaired) electrons. The van der Waals surface area contributed by atoms with Crippen molar-refractivity contribution in [2.24, 2.45) is 11.7 Å². The molecular weight excluding hydrogens is 272 g/mol. The van der Waals surface area contributed by atoms with Crippen LogP contribution in [0.15, 0.2) is 29.2 Å². The van der Waals surface area contributed by atoms with Gasteiger partial charge in [0.1, 0.15) is 0 Å². The Morgan fingerprint density at radius 1 is 1.35 bits per heavy atom. The van der Waals surface area contributed by atoms with Gasteiger partial charge in [-0.15, -0.1) is 0 Å². The maximum absolute atomic E-state index is 12.6. The van der Waals surface area contributed by atoms with E-state index in [-0.39, 0.29) is 11.4 Å². The van der Waals surface area contributed by atoms with Gasteiger partial charge in [-0.05, 0) is 30.9 Å². The highest BCUT2D eigenvalue weighted by molar-refractivity contribution is 7.89. The van der Waals surface area contributed by atoms with Crippen LogP contribution in [-0.4, -0.2) is 32.9 Å². The second kappa shape index (κ2) is 6.40. The van der Waals surface area contributed by atoms with E-state index in [2.05, 4.69) is 11.8 Å². The largest absolute Gasteiger partial charge is 0.320 e. The van der Waals surface area contributed by atoms with Crippen molar-refractivity contribution in [1.29, 1.82) is 0 Å². The molecule has 1 fully saturated rings. The zero-order valence-corrected chi connectivity index (χ0v) is 12.5. The van der Waals surface area contributed by atoms with Crippen molar-refractivity contribution in [3.63, 3.8) is 0 Å². The average molecular weight is 292 g/mol. The fraction of sp³-hybridized carbons (Fsp3) is 0.467. The van der Waals surface area contributed by atoms with Gasteiger partial charge in [0, 0.05) is 19.2 Å². The Morgan fingerprint density at radius 3 is 2.65 bits per heavy atom. The lowest BCUT2D eigenvalue weighted by Gasteiger charge is -2.29. The third-order valence-electron chi connectivity index (χ3n) is 3.64. The summed E-state index contributed by atoms with van der Waals surface area (Å²) in [6.07, 6.45) is 3.44. The lowest BCUT2D eigenvalue weighted by molar-refractivity contribution is 0.263. The summed E-state index contributed by atoms with van der Waals surface area (Å²) in [7, 11) is -1.84. The number of hydrogen-bond donors (Lipinski definition) is 1. The highest BCUT2D eigenvalue weighted by Gasteiger charge is 2.27.